The Labute approximate surface area is 200 Å². The molecule has 1 saturated heterocycles. The van der Waals surface area contributed by atoms with E-state index in [0.717, 1.165) is 24.2 Å². The average molecular weight is 502 g/mol. The largest absolute Gasteiger partial charge is 0.321 e. The molecule has 2 atom stereocenters. The number of hydrogen-bond donors (Lipinski definition) is 1. The molecule has 176 valence electrons. The SMILES string of the molecule is O=C(Nc1ccccc1Cl)c1cc(S(=O)(=O)N2C[C@H]3C[C@@H](C2)c2cccc(=O)n2C3)ccc1F. The highest BCUT2D eigenvalue weighted by molar-refractivity contribution is 7.89. The summed E-state index contributed by atoms with van der Waals surface area (Å²) < 4.78 is 44.6. The van der Waals surface area contributed by atoms with E-state index in [0.29, 0.717) is 12.2 Å². The monoisotopic (exact) mass is 501 g/mol. The highest BCUT2D eigenvalue weighted by atomic mass is 35.5. The third-order valence-corrected chi connectivity index (χ3v) is 8.55. The number of carbonyl (C=O) groups is 1. The fourth-order valence-electron chi connectivity index (χ4n) is 4.79. The molecule has 5 rings (SSSR count). The topological polar surface area (TPSA) is 88.5 Å². The van der Waals surface area contributed by atoms with Crippen LogP contribution in [0.3, 0.4) is 0 Å². The Bertz CT molecular complexity index is 1460. The molecule has 0 aliphatic carbocycles. The van der Waals surface area contributed by atoms with Crippen LogP contribution in [0.5, 0.6) is 0 Å². The number of fused-ring (bicyclic) bond motifs is 4. The first kappa shape index (κ1) is 22.8. The molecule has 1 fully saturated rings. The van der Waals surface area contributed by atoms with Crippen LogP contribution in [-0.2, 0) is 16.6 Å². The summed E-state index contributed by atoms with van der Waals surface area (Å²) in [5, 5.41) is 2.80. The minimum absolute atomic E-state index is 0.00966. The summed E-state index contributed by atoms with van der Waals surface area (Å²) >= 11 is 6.06. The Morgan fingerprint density at radius 2 is 1.82 bits per heavy atom. The van der Waals surface area contributed by atoms with Gasteiger partial charge in [0.15, 0.2) is 0 Å². The molecule has 34 heavy (non-hydrogen) atoms. The first-order valence-electron chi connectivity index (χ1n) is 10.8. The van der Waals surface area contributed by atoms with Crippen molar-refractivity contribution in [2.75, 3.05) is 18.4 Å². The molecule has 1 N–H and O–H groups in total. The number of benzene rings is 2. The third kappa shape index (κ3) is 4.04. The number of amides is 1. The fourth-order valence-corrected chi connectivity index (χ4v) is 6.56. The molecule has 0 saturated carbocycles. The zero-order valence-corrected chi connectivity index (χ0v) is 19.5. The minimum Gasteiger partial charge on any atom is -0.321 e. The van der Waals surface area contributed by atoms with Crippen LogP contribution < -0.4 is 10.9 Å². The van der Waals surface area contributed by atoms with Gasteiger partial charge in [-0.3, -0.25) is 9.59 Å². The number of rotatable bonds is 4. The lowest BCUT2D eigenvalue weighted by atomic mass is 9.84. The highest BCUT2D eigenvalue weighted by Gasteiger charge is 2.39. The first-order valence-corrected chi connectivity index (χ1v) is 12.6. The van der Waals surface area contributed by atoms with Crippen molar-refractivity contribution >= 4 is 33.2 Å². The molecule has 0 unspecified atom stereocenters. The zero-order chi connectivity index (χ0) is 24.0. The summed E-state index contributed by atoms with van der Waals surface area (Å²) in [6, 6.07) is 14.7. The summed E-state index contributed by atoms with van der Waals surface area (Å²) in [6.07, 6.45) is 0.796. The number of anilines is 1. The number of sulfonamides is 1. The van der Waals surface area contributed by atoms with Crippen molar-refractivity contribution in [2.45, 2.75) is 23.8 Å². The minimum atomic E-state index is -4.00. The maximum atomic E-state index is 14.5. The van der Waals surface area contributed by atoms with Crippen molar-refractivity contribution in [2.24, 2.45) is 5.92 Å². The summed E-state index contributed by atoms with van der Waals surface area (Å²) in [5.74, 6) is -1.76. The van der Waals surface area contributed by atoms with Crippen LogP contribution in [-0.4, -0.2) is 36.3 Å². The molecule has 3 aromatic rings. The van der Waals surface area contributed by atoms with Crippen molar-refractivity contribution in [3.8, 4) is 0 Å². The molecule has 2 aliphatic heterocycles. The van der Waals surface area contributed by atoms with E-state index < -0.39 is 27.3 Å². The molecule has 10 heteroatoms. The van der Waals surface area contributed by atoms with Crippen molar-refractivity contribution in [1.29, 1.82) is 0 Å². The maximum Gasteiger partial charge on any atom is 0.258 e. The zero-order valence-electron chi connectivity index (χ0n) is 17.9. The van der Waals surface area contributed by atoms with Crippen molar-refractivity contribution in [3.63, 3.8) is 0 Å². The normalized spacial score (nSPS) is 19.9. The van der Waals surface area contributed by atoms with Crippen LogP contribution in [0.2, 0.25) is 5.02 Å². The van der Waals surface area contributed by atoms with E-state index in [1.807, 2.05) is 6.07 Å². The molecule has 7 nitrogen and oxygen atoms in total. The lowest BCUT2D eigenvalue weighted by Crippen LogP contribution is -2.49. The predicted octanol–water partition coefficient (Wildman–Crippen LogP) is 3.70. The third-order valence-electron chi connectivity index (χ3n) is 6.39. The molecule has 0 spiro atoms. The van der Waals surface area contributed by atoms with E-state index in [1.54, 1.807) is 34.9 Å². The van der Waals surface area contributed by atoms with Crippen LogP contribution in [0.25, 0.3) is 0 Å². The lowest BCUT2D eigenvalue weighted by molar-refractivity contribution is 0.102. The smallest absolute Gasteiger partial charge is 0.258 e. The molecule has 1 amide bonds. The number of aromatic nitrogens is 1. The summed E-state index contributed by atoms with van der Waals surface area (Å²) in [4.78, 5) is 24.8. The summed E-state index contributed by atoms with van der Waals surface area (Å²) in [5.41, 5.74) is 0.633. The van der Waals surface area contributed by atoms with Crippen molar-refractivity contribution in [1.82, 2.24) is 8.87 Å². The average Bonchev–Trinajstić information content (AvgIpc) is 2.81. The maximum absolute atomic E-state index is 14.5. The second-order valence-electron chi connectivity index (χ2n) is 8.60. The Kier molecular flexibility index (Phi) is 5.79. The number of pyridine rings is 1. The van der Waals surface area contributed by atoms with E-state index in [9.17, 15) is 22.4 Å². The van der Waals surface area contributed by atoms with Gasteiger partial charge in [-0.05, 0) is 48.7 Å². The number of carbonyl (C=O) groups excluding carboxylic acids is 1. The second kappa shape index (κ2) is 8.65. The molecular weight excluding hydrogens is 481 g/mol. The number of halogens is 2. The molecule has 1 aromatic heterocycles. The van der Waals surface area contributed by atoms with Crippen molar-refractivity contribution in [3.05, 3.63) is 93.1 Å². The molecule has 2 aliphatic rings. The van der Waals surface area contributed by atoms with E-state index in [2.05, 4.69) is 5.32 Å². The molecule has 2 bridgehead atoms. The second-order valence-corrected chi connectivity index (χ2v) is 10.9. The van der Waals surface area contributed by atoms with Gasteiger partial charge in [-0.1, -0.05) is 29.8 Å². The Balaban J connectivity index is 1.43. The fraction of sp³-hybridized carbons (Fsp3) is 0.250. The van der Waals surface area contributed by atoms with E-state index >= 15 is 0 Å². The van der Waals surface area contributed by atoms with Gasteiger partial charge in [-0.25, -0.2) is 12.8 Å². The van der Waals surface area contributed by atoms with E-state index in [4.69, 9.17) is 11.6 Å². The van der Waals surface area contributed by atoms with Gasteiger partial charge in [0.25, 0.3) is 11.5 Å². The number of piperidine rings is 1. The van der Waals surface area contributed by atoms with Gasteiger partial charge in [0, 0.05) is 37.3 Å². The molecule has 0 radical (unpaired) electrons. The van der Waals surface area contributed by atoms with Crippen LogP contribution >= 0.6 is 11.6 Å². The van der Waals surface area contributed by atoms with Gasteiger partial charge in [-0.15, -0.1) is 0 Å². The number of para-hydroxylation sites is 1. The van der Waals surface area contributed by atoms with Gasteiger partial charge in [0.2, 0.25) is 10.0 Å². The Morgan fingerprint density at radius 1 is 1.03 bits per heavy atom. The lowest BCUT2D eigenvalue weighted by Gasteiger charge is -2.42. The summed E-state index contributed by atoms with van der Waals surface area (Å²) in [6.45, 7) is 0.908. The molecular formula is C24H21ClFN3O4S. The van der Waals surface area contributed by atoms with Gasteiger partial charge < -0.3 is 9.88 Å². The summed E-state index contributed by atoms with van der Waals surface area (Å²) in [7, 11) is -4.00. The van der Waals surface area contributed by atoms with Gasteiger partial charge in [0.1, 0.15) is 5.82 Å². The Morgan fingerprint density at radius 3 is 2.62 bits per heavy atom. The first-order chi connectivity index (χ1) is 16.2. The Hall–Kier alpha value is -3.01. The van der Waals surface area contributed by atoms with Gasteiger partial charge in [-0.2, -0.15) is 4.31 Å². The van der Waals surface area contributed by atoms with Crippen LogP contribution in [0.1, 0.15) is 28.4 Å². The van der Waals surface area contributed by atoms with E-state index in [1.165, 1.54) is 16.4 Å². The van der Waals surface area contributed by atoms with Gasteiger partial charge >= 0.3 is 0 Å². The van der Waals surface area contributed by atoms with Crippen LogP contribution in [0.15, 0.2) is 70.4 Å². The van der Waals surface area contributed by atoms with Crippen LogP contribution in [0, 0.1) is 11.7 Å². The quantitative estimate of drug-likeness (QED) is 0.590. The highest BCUT2D eigenvalue weighted by Crippen LogP contribution is 2.37. The van der Waals surface area contributed by atoms with Crippen molar-refractivity contribution < 1.29 is 17.6 Å². The molecule has 3 heterocycles. The van der Waals surface area contributed by atoms with Gasteiger partial charge in [0.05, 0.1) is 21.2 Å². The van der Waals surface area contributed by atoms with E-state index in [-0.39, 0.29) is 40.4 Å². The number of nitrogens with one attached hydrogen (secondary N) is 1. The van der Waals surface area contributed by atoms with Crippen LogP contribution in [0.4, 0.5) is 10.1 Å². The predicted molar refractivity (Wildman–Crippen MR) is 126 cm³/mol. The number of hydrogen-bond acceptors (Lipinski definition) is 4. The number of nitrogens with zero attached hydrogens (tertiary/aromatic N) is 2. The standard InChI is InChI=1S/C24H21ClFN3O4S/c25-19-4-1-2-5-21(19)27-24(31)18-11-17(8-9-20(18)26)34(32,33)28-12-15-10-16(14-28)22-6-3-7-23(30)29(22)13-15/h1-9,11,15-16H,10,12-14H2,(H,27,31)/t15-,16+/m1/s1. The molecule has 2 aromatic carbocycles.